The zero-order valence-corrected chi connectivity index (χ0v) is 11.2. The molecule has 0 aromatic carbocycles. The third-order valence-corrected chi connectivity index (χ3v) is 3.88. The van der Waals surface area contributed by atoms with E-state index < -0.39 is 6.10 Å². The summed E-state index contributed by atoms with van der Waals surface area (Å²) in [6, 6.07) is 3.65. The summed E-state index contributed by atoms with van der Waals surface area (Å²) in [6.07, 6.45) is 1.20. The zero-order chi connectivity index (χ0) is 12.8. The van der Waals surface area contributed by atoms with Crippen LogP contribution in [0.5, 0.6) is 0 Å². The topological polar surface area (TPSA) is 53.7 Å². The van der Waals surface area contributed by atoms with Crippen molar-refractivity contribution in [1.29, 1.82) is 0 Å². The van der Waals surface area contributed by atoms with Crippen LogP contribution in [0.15, 0.2) is 22.8 Å². The first-order valence-electron chi connectivity index (χ1n) is 5.56. The van der Waals surface area contributed by atoms with Gasteiger partial charge in [-0.2, -0.15) is 0 Å². The monoisotopic (exact) mass is 257 g/mol. The maximum Gasteiger partial charge on any atom is 0.232 e. The van der Waals surface area contributed by atoms with Crippen LogP contribution < -0.4 is 0 Å². The maximum atomic E-state index is 11.8. The van der Waals surface area contributed by atoms with Crippen molar-refractivity contribution in [3.63, 3.8) is 0 Å². The Bertz CT molecular complexity index is 338. The second kappa shape index (κ2) is 6.71. The molecular formula is C12H19NO3S. The minimum atomic E-state index is -0.400. The molecule has 5 heteroatoms. The number of aliphatic hydroxyl groups is 1. The second-order valence-corrected chi connectivity index (χ2v) is 5.45. The molecule has 0 saturated heterocycles. The Kier molecular flexibility index (Phi) is 5.58. The fourth-order valence-corrected chi connectivity index (χ4v) is 2.08. The van der Waals surface area contributed by atoms with Crippen molar-refractivity contribution in [3.8, 4) is 0 Å². The highest BCUT2D eigenvalue weighted by atomic mass is 32.2. The van der Waals surface area contributed by atoms with Gasteiger partial charge in [0.1, 0.15) is 5.76 Å². The number of furan rings is 1. The third-order valence-electron chi connectivity index (χ3n) is 2.55. The molecule has 0 radical (unpaired) electrons. The Morgan fingerprint density at radius 2 is 2.29 bits per heavy atom. The van der Waals surface area contributed by atoms with Crippen LogP contribution in [0.25, 0.3) is 0 Å². The third kappa shape index (κ3) is 4.83. The molecular weight excluding hydrogens is 238 g/mol. The largest absolute Gasteiger partial charge is 0.467 e. The Labute approximate surface area is 106 Å². The first kappa shape index (κ1) is 14.1. The molecule has 96 valence electrons. The minimum Gasteiger partial charge on any atom is -0.467 e. The smallest absolute Gasteiger partial charge is 0.232 e. The van der Waals surface area contributed by atoms with Crippen LogP contribution in [0.1, 0.15) is 19.6 Å². The fourth-order valence-electron chi connectivity index (χ4n) is 1.18. The van der Waals surface area contributed by atoms with Gasteiger partial charge in [0.05, 0.1) is 24.7 Å². The van der Waals surface area contributed by atoms with Crippen LogP contribution in [0.4, 0.5) is 0 Å². The Morgan fingerprint density at radius 3 is 2.82 bits per heavy atom. The van der Waals surface area contributed by atoms with Gasteiger partial charge in [-0.25, -0.2) is 0 Å². The quantitative estimate of drug-likeness (QED) is 0.843. The first-order valence-corrected chi connectivity index (χ1v) is 6.61. The van der Waals surface area contributed by atoms with Crippen molar-refractivity contribution in [2.75, 3.05) is 12.8 Å². The van der Waals surface area contributed by atoms with Crippen molar-refractivity contribution in [2.24, 2.45) is 0 Å². The Balaban J connectivity index is 2.32. The van der Waals surface area contributed by atoms with Gasteiger partial charge in [-0.05, 0) is 19.1 Å². The van der Waals surface area contributed by atoms with E-state index in [-0.39, 0.29) is 11.2 Å². The molecule has 0 unspecified atom stereocenters. The number of carbonyl (C=O) groups is 1. The number of carbonyl (C=O) groups excluding carboxylic acids is 1. The van der Waals surface area contributed by atoms with E-state index in [4.69, 9.17) is 4.42 Å². The van der Waals surface area contributed by atoms with E-state index in [1.54, 1.807) is 31.2 Å². The van der Waals surface area contributed by atoms with Crippen LogP contribution >= 0.6 is 11.8 Å². The molecule has 0 aliphatic heterocycles. The van der Waals surface area contributed by atoms with Crippen LogP contribution in [-0.2, 0) is 11.3 Å². The molecule has 4 nitrogen and oxygen atoms in total. The first-order chi connectivity index (χ1) is 8.00. The van der Waals surface area contributed by atoms with E-state index in [2.05, 4.69) is 0 Å². The lowest BCUT2D eigenvalue weighted by atomic mass is 10.3. The number of thioether (sulfide) groups is 1. The highest BCUT2D eigenvalue weighted by Crippen LogP contribution is 2.15. The molecule has 0 bridgehead atoms. The highest BCUT2D eigenvalue weighted by molar-refractivity contribution is 8.00. The average Bonchev–Trinajstić information content (AvgIpc) is 2.77. The lowest BCUT2D eigenvalue weighted by Crippen LogP contribution is -2.29. The predicted octanol–water partition coefficient (Wildman–Crippen LogP) is 1.74. The molecule has 1 aromatic heterocycles. The molecule has 1 amide bonds. The van der Waals surface area contributed by atoms with Gasteiger partial charge in [0.25, 0.3) is 0 Å². The molecule has 17 heavy (non-hydrogen) atoms. The summed E-state index contributed by atoms with van der Waals surface area (Å²) in [4.78, 5) is 13.4. The van der Waals surface area contributed by atoms with Crippen molar-refractivity contribution >= 4 is 17.7 Å². The number of aliphatic hydroxyl groups excluding tert-OH is 1. The van der Waals surface area contributed by atoms with Crippen LogP contribution in [0.2, 0.25) is 0 Å². The molecule has 0 aliphatic carbocycles. The molecule has 0 saturated carbocycles. The summed E-state index contributed by atoms with van der Waals surface area (Å²) in [5.41, 5.74) is 0. The number of rotatable bonds is 6. The molecule has 1 heterocycles. The number of nitrogens with zero attached hydrogens (tertiary/aromatic N) is 1. The van der Waals surface area contributed by atoms with Gasteiger partial charge in [0, 0.05) is 12.3 Å². The zero-order valence-electron chi connectivity index (χ0n) is 10.4. The number of amides is 1. The summed E-state index contributed by atoms with van der Waals surface area (Å²) < 4.78 is 5.18. The SMILES string of the molecule is C[C@H](SCC(=O)N(C)Cc1ccco1)[C@@H](C)O. The van der Waals surface area contributed by atoms with Crippen molar-refractivity contribution < 1.29 is 14.3 Å². The summed E-state index contributed by atoms with van der Waals surface area (Å²) >= 11 is 1.46. The van der Waals surface area contributed by atoms with E-state index in [9.17, 15) is 9.90 Å². The molecule has 0 spiro atoms. The summed E-state index contributed by atoms with van der Waals surface area (Å²) in [6.45, 7) is 4.12. The van der Waals surface area contributed by atoms with Gasteiger partial charge in [-0.15, -0.1) is 11.8 Å². The van der Waals surface area contributed by atoms with E-state index in [0.29, 0.717) is 12.3 Å². The number of hydrogen-bond acceptors (Lipinski definition) is 4. The summed E-state index contributed by atoms with van der Waals surface area (Å²) in [7, 11) is 1.75. The fraction of sp³-hybridized carbons (Fsp3) is 0.583. The van der Waals surface area contributed by atoms with Gasteiger partial charge in [-0.1, -0.05) is 6.92 Å². The molecule has 0 aliphatic rings. The number of hydrogen-bond donors (Lipinski definition) is 1. The predicted molar refractivity (Wildman–Crippen MR) is 68.8 cm³/mol. The van der Waals surface area contributed by atoms with Crippen molar-refractivity contribution in [3.05, 3.63) is 24.2 Å². The molecule has 0 fully saturated rings. The highest BCUT2D eigenvalue weighted by Gasteiger charge is 2.15. The van der Waals surface area contributed by atoms with E-state index in [1.165, 1.54) is 11.8 Å². The molecule has 1 N–H and O–H groups in total. The van der Waals surface area contributed by atoms with Gasteiger partial charge in [0.2, 0.25) is 5.91 Å². The van der Waals surface area contributed by atoms with Gasteiger partial charge < -0.3 is 14.4 Å². The average molecular weight is 257 g/mol. The van der Waals surface area contributed by atoms with Crippen LogP contribution in [0, 0.1) is 0 Å². The van der Waals surface area contributed by atoms with Gasteiger partial charge in [-0.3, -0.25) is 4.79 Å². The minimum absolute atomic E-state index is 0.0406. The van der Waals surface area contributed by atoms with E-state index in [0.717, 1.165) is 5.76 Å². The second-order valence-electron chi connectivity index (χ2n) is 4.09. The Hall–Kier alpha value is -0.940. The lowest BCUT2D eigenvalue weighted by Gasteiger charge is -2.18. The lowest BCUT2D eigenvalue weighted by molar-refractivity contribution is -0.127. The maximum absolute atomic E-state index is 11.8. The molecule has 1 rings (SSSR count). The normalized spacial score (nSPS) is 14.4. The Morgan fingerprint density at radius 1 is 1.59 bits per heavy atom. The van der Waals surface area contributed by atoms with Crippen molar-refractivity contribution in [1.82, 2.24) is 4.90 Å². The van der Waals surface area contributed by atoms with E-state index >= 15 is 0 Å². The standard InChI is InChI=1S/C12H19NO3S/c1-9(14)10(2)17-8-12(15)13(3)7-11-5-4-6-16-11/h4-6,9-10,14H,7-8H2,1-3H3/t9-,10+/m1/s1. The van der Waals surface area contributed by atoms with E-state index in [1.807, 2.05) is 13.0 Å². The van der Waals surface area contributed by atoms with Crippen molar-refractivity contribution in [2.45, 2.75) is 31.7 Å². The van der Waals surface area contributed by atoms with Gasteiger partial charge >= 0.3 is 0 Å². The summed E-state index contributed by atoms with van der Waals surface area (Å²) in [5.74, 6) is 1.19. The molecule has 1 aromatic rings. The van der Waals surface area contributed by atoms with Crippen LogP contribution in [0.3, 0.4) is 0 Å². The van der Waals surface area contributed by atoms with Gasteiger partial charge in [0.15, 0.2) is 0 Å². The summed E-state index contributed by atoms with van der Waals surface area (Å²) in [5, 5.41) is 9.38. The van der Waals surface area contributed by atoms with Crippen LogP contribution in [-0.4, -0.2) is 40.1 Å². The molecule has 2 atom stereocenters.